The van der Waals surface area contributed by atoms with Crippen LogP contribution in [-0.4, -0.2) is 12.3 Å². The highest BCUT2D eigenvalue weighted by Gasteiger charge is 2.29. The topological polar surface area (TPSA) is 29.1 Å². The fourth-order valence-electron chi connectivity index (χ4n) is 1.83. The van der Waals surface area contributed by atoms with E-state index < -0.39 is 5.54 Å². The van der Waals surface area contributed by atoms with Crippen LogP contribution in [0.25, 0.3) is 0 Å². The van der Waals surface area contributed by atoms with Crippen LogP contribution in [0.3, 0.4) is 0 Å². The average Bonchev–Trinajstić information content (AvgIpc) is 2.27. The summed E-state index contributed by atoms with van der Waals surface area (Å²) >= 11 is 0. The summed E-state index contributed by atoms with van der Waals surface area (Å²) in [6, 6.07) is 10.2. The molecule has 1 aromatic carbocycles. The summed E-state index contributed by atoms with van der Waals surface area (Å²) in [5.74, 6) is 0. The highest BCUT2D eigenvalue weighted by atomic mass is 16.1. The Kier molecular flexibility index (Phi) is 4.04. The van der Waals surface area contributed by atoms with Crippen molar-refractivity contribution in [2.45, 2.75) is 38.8 Å². The van der Waals surface area contributed by atoms with E-state index >= 15 is 0 Å². The van der Waals surface area contributed by atoms with Crippen molar-refractivity contribution in [1.29, 1.82) is 0 Å². The van der Waals surface area contributed by atoms with Crippen molar-refractivity contribution in [3.8, 4) is 0 Å². The first-order valence-corrected chi connectivity index (χ1v) is 5.44. The normalized spacial score (nSPS) is 14.9. The van der Waals surface area contributed by atoms with E-state index in [1.165, 1.54) is 0 Å². The first-order chi connectivity index (χ1) is 7.14. The van der Waals surface area contributed by atoms with Gasteiger partial charge < -0.3 is 4.79 Å². The summed E-state index contributed by atoms with van der Waals surface area (Å²) < 4.78 is 0. The van der Waals surface area contributed by atoms with Crippen LogP contribution in [0, 0.1) is 0 Å². The predicted octanol–water partition coefficient (Wildman–Crippen LogP) is 2.49. The third-order valence-corrected chi connectivity index (χ3v) is 2.59. The van der Waals surface area contributed by atoms with Gasteiger partial charge in [-0.1, -0.05) is 37.3 Å². The van der Waals surface area contributed by atoms with Crippen molar-refractivity contribution in [2.24, 2.45) is 0 Å². The fourth-order valence-corrected chi connectivity index (χ4v) is 1.83. The van der Waals surface area contributed by atoms with Crippen LogP contribution in [0.4, 0.5) is 0 Å². The molecule has 0 saturated heterocycles. The van der Waals surface area contributed by atoms with E-state index in [0.717, 1.165) is 18.3 Å². The fraction of sp³-hybridized carbons (Fsp3) is 0.462. The maximum Gasteiger partial charge on any atom is 0.144 e. The van der Waals surface area contributed by atoms with Gasteiger partial charge in [0.2, 0.25) is 0 Å². The number of carbonyl (C=O) groups excluding carboxylic acids is 1. The average molecular weight is 205 g/mol. The Bertz CT molecular complexity index is 308. The molecule has 0 bridgehead atoms. The Labute approximate surface area is 91.7 Å². The van der Waals surface area contributed by atoms with Gasteiger partial charge in [-0.2, -0.15) is 0 Å². The smallest absolute Gasteiger partial charge is 0.144 e. The van der Waals surface area contributed by atoms with Crippen LogP contribution >= 0.6 is 0 Å². The van der Waals surface area contributed by atoms with Gasteiger partial charge in [-0.25, -0.2) is 0 Å². The Morgan fingerprint density at radius 2 is 1.93 bits per heavy atom. The largest absolute Gasteiger partial charge is 0.301 e. The number of hydrogen-bond acceptors (Lipinski definition) is 2. The lowest BCUT2D eigenvalue weighted by molar-refractivity contribution is -0.114. The lowest BCUT2D eigenvalue weighted by Crippen LogP contribution is -2.46. The molecule has 0 saturated carbocycles. The zero-order valence-electron chi connectivity index (χ0n) is 9.66. The molecule has 0 amide bonds. The molecule has 1 atom stereocenters. The molecule has 2 heteroatoms. The molecule has 0 aromatic heterocycles. The van der Waals surface area contributed by atoms with E-state index in [1.807, 2.05) is 37.3 Å². The minimum Gasteiger partial charge on any atom is -0.301 e. The maximum atomic E-state index is 11.3. The van der Waals surface area contributed by atoms with Crippen LogP contribution in [0.5, 0.6) is 0 Å². The summed E-state index contributed by atoms with van der Waals surface area (Å²) in [6.07, 6.45) is 1.78. The molecule has 0 aliphatic heterocycles. The van der Waals surface area contributed by atoms with Gasteiger partial charge in [0.15, 0.2) is 0 Å². The minimum absolute atomic E-state index is 0.287. The highest BCUT2D eigenvalue weighted by molar-refractivity contribution is 5.67. The summed E-state index contributed by atoms with van der Waals surface area (Å²) in [5, 5.41) is 3.34. The standard InChI is InChI=1S/C13H19NO/c1-4-13(10-15,14-11(2)3)12-8-6-5-7-9-12/h5-11,14H,4H2,1-3H3/t13-/m0/s1. The SMILES string of the molecule is CC[C@@](C=O)(NC(C)C)c1ccccc1. The van der Waals surface area contributed by atoms with Crippen LogP contribution in [0.1, 0.15) is 32.8 Å². The van der Waals surface area contributed by atoms with Gasteiger partial charge in [-0.15, -0.1) is 0 Å². The van der Waals surface area contributed by atoms with Gasteiger partial charge in [0.1, 0.15) is 6.29 Å². The molecule has 1 rings (SSSR count). The maximum absolute atomic E-state index is 11.3. The van der Waals surface area contributed by atoms with Crippen molar-refractivity contribution in [2.75, 3.05) is 0 Å². The monoisotopic (exact) mass is 205 g/mol. The number of hydrogen-bond donors (Lipinski definition) is 1. The van der Waals surface area contributed by atoms with E-state index in [-0.39, 0.29) is 6.04 Å². The second-order valence-electron chi connectivity index (χ2n) is 4.11. The van der Waals surface area contributed by atoms with Gasteiger partial charge in [0.05, 0.1) is 5.54 Å². The molecule has 0 radical (unpaired) electrons. The zero-order chi connectivity index (χ0) is 11.3. The van der Waals surface area contributed by atoms with Crippen molar-refractivity contribution in [1.82, 2.24) is 5.32 Å². The van der Waals surface area contributed by atoms with Gasteiger partial charge >= 0.3 is 0 Å². The molecule has 0 aliphatic carbocycles. The van der Waals surface area contributed by atoms with Gasteiger partial charge in [-0.3, -0.25) is 5.32 Å². The Hall–Kier alpha value is -1.15. The molecule has 0 fully saturated rings. The molecule has 0 spiro atoms. The Morgan fingerprint density at radius 1 is 1.33 bits per heavy atom. The first kappa shape index (κ1) is 11.9. The van der Waals surface area contributed by atoms with E-state index in [9.17, 15) is 4.79 Å². The third-order valence-electron chi connectivity index (χ3n) is 2.59. The van der Waals surface area contributed by atoms with Crippen molar-refractivity contribution >= 4 is 6.29 Å². The first-order valence-electron chi connectivity index (χ1n) is 5.44. The molecule has 2 nitrogen and oxygen atoms in total. The van der Waals surface area contributed by atoms with Gasteiger partial charge in [0, 0.05) is 6.04 Å². The number of benzene rings is 1. The second kappa shape index (κ2) is 5.08. The summed E-state index contributed by atoms with van der Waals surface area (Å²) in [7, 11) is 0. The van der Waals surface area contributed by atoms with Crippen LogP contribution in [0.2, 0.25) is 0 Å². The second-order valence-corrected chi connectivity index (χ2v) is 4.11. The molecule has 0 aliphatic rings. The lowest BCUT2D eigenvalue weighted by Gasteiger charge is -2.30. The molecule has 0 unspecified atom stereocenters. The zero-order valence-corrected chi connectivity index (χ0v) is 9.66. The third kappa shape index (κ3) is 2.66. The Balaban J connectivity index is 3.05. The minimum atomic E-state index is -0.532. The number of rotatable bonds is 5. The van der Waals surface area contributed by atoms with Crippen molar-refractivity contribution < 1.29 is 4.79 Å². The molecular weight excluding hydrogens is 186 g/mol. The summed E-state index contributed by atoms with van der Waals surface area (Å²) in [5.41, 5.74) is 0.506. The molecule has 1 aromatic rings. The number of aldehydes is 1. The van der Waals surface area contributed by atoms with E-state index in [4.69, 9.17) is 0 Å². The van der Waals surface area contributed by atoms with Gasteiger partial charge in [0.25, 0.3) is 0 Å². The number of nitrogens with one attached hydrogen (secondary N) is 1. The van der Waals surface area contributed by atoms with E-state index in [1.54, 1.807) is 0 Å². The molecule has 82 valence electrons. The van der Waals surface area contributed by atoms with E-state index in [0.29, 0.717) is 0 Å². The van der Waals surface area contributed by atoms with Crippen molar-refractivity contribution in [3.63, 3.8) is 0 Å². The quantitative estimate of drug-likeness (QED) is 0.748. The van der Waals surface area contributed by atoms with E-state index in [2.05, 4.69) is 19.2 Å². The molecule has 1 N–H and O–H groups in total. The highest BCUT2D eigenvalue weighted by Crippen LogP contribution is 2.23. The van der Waals surface area contributed by atoms with Crippen LogP contribution < -0.4 is 5.32 Å². The predicted molar refractivity (Wildman–Crippen MR) is 62.7 cm³/mol. The van der Waals surface area contributed by atoms with Crippen LogP contribution in [-0.2, 0) is 10.3 Å². The van der Waals surface area contributed by atoms with Crippen LogP contribution in [0.15, 0.2) is 30.3 Å². The Morgan fingerprint density at radius 3 is 2.33 bits per heavy atom. The van der Waals surface area contributed by atoms with Crippen molar-refractivity contribution in [3.05, 3.63) is 35.9 Å². The molecular formula is C13H19NO. The summed E-state index contributed by atoms with van der Waals surface area (Å²) in [6.45, 7) is 6.13. The summed E-state index contributed by atoms with van der Waals surface area (Å²) in [4.78, 5) is 11.3. The van der Waals surface area contributed by atoms with Gasteiger partial charge in [-0.05, 0) is 25.8 Å². The molecule has 0 heterocycles. The molecule has 15 heavy (non-hydrogen) atoms. The lowest BCUT2D eigenvalue weighted by atomic mass is 9.88. The number of carbonyl (C=O) groups is 1.